The van der Waals surface area contributed by atoms with Gasteiger partial charge in [0.25, 0.3) is 5.91 Å². The van der Waals surface area contributed by atoms with Crippen LogP contribution in [0.25, 0.3) is 0 Å². The van der Waals surface area contributed by atoms with Crippen LogP contribution >= 0.6 is 23.5 Å². The summed E-state index contributed by atoms with van der Waals surface area (Å²) >= 11 is 3.14. The third-order valence-electron chi connectivity index (χ3n) is 6.69. The number of carbonyl (C=O) groups is 1. The maximum Gasteiger partial charge on any atom is 0.274 e. The summed E-state index contributed by atoms with van der Waals surface area (Å²) in [5, 5.41) is 1.67. The molecule has 3 aromatic rings. The molecule has 2 heterocycles. The summed E-state index contributed by atoms with van der Waals surface area (Å²) < 4.78 is 0. The number of hydrogen-bond donors (Lipinski definition) is 0. The van der Waals surface area contributed by atoms with Gasteiger partial charge in [0.05, 0.1) is 17.1 Å². The first kappa shape index (κ1) is 25.5. The Morgan fingerprint density at radius 2 is 1.68 bits per heavy atom. The minimum Gasteiger partial charge on any atom is -0.372 e. The van der Waals surface area contributed by atoms with Crippen LogP contribution in [0, 0.1) is 13.8 Å². The summed E-state index contributed by atoms with van der Waals surface area (Å²) in [4.78, 5) is 27.4. The largest absolute Gasteiger partial charge is 0.372 e. The van der Waals surface area contributed by atoms with E-state index in [4.69, 9.17) is 4.99 Å². The highest BCUT2D eigenvalue weighted by Crippen LogP contribution is 2.51. The lowest BCUT2D eigenvalue weighted by Gasteiger charge is -2.22. The van der Waals surface area contributed by atoms with Gasteiger partial charge in [-0.05, 0) is 100.0 Å². The average molecular weight is 529 g/mol. The molecular formula is C30H32N4OS2. The number of anilines is 3. The molecule has 37 heavy (non-hydrogen) atoms. The van der Waals surface area contributed by atoms with Gasteiger partial charge < -0.3 is 9.80 Å². The van der Waals surface area contributed by atoms with E-state index in [1.807, 2.05) is 37.3 Å². The van der Waals surface area contributed by atoms with Crippen molar-refractivity contribution in [2.75, 3.05) is 34.3 Å². The van der Waals surface area contributed by atoms with Crippen molar-refractivity contribution >= 4 is 57.3 Å². The molecule has 190 valence electrons. The van der Waals surface area contributed by atoms with Crippen LogP contribution in [-0.2, 0) is 4.79 Å². The molecule has 2 aliphatic heterocycles. The van der Waals surface area contributed by atoms with Gasteiger partial charge in [-0.25, -0.2) is 4.99 Å². The smallest absolute Gasteiger partial charge is 0.274 e. The third-order valence-corrected chi connectivity index (χ3v) is 9.03. The van der Waals surface area contributed by atoms with Crippen molar-refractivity contribution in [3.63, 3.8) is 0 Å². The van der Waals surface area contributed by atoms with E-state index in [-0.39, 0.29) is 5.91 Å². The van der Waals surface area contributed by atoms with Crippen molar-refractivity contribution in [3.8, 4) is 0 Å². The summed E-state index contributed by atoms with van der Waals surface area (Å²) in [6, 6.07) is 22.8. The number of benzene rings is 3. The Balaban J connectivity index is 1.60. The highest BCUT2D eigenvalue weighted by molar-refractivity contribution is 8.20. The second-order valence-corrected chi connectivity index (χ2v) is 11.1. The monoisotopic (exact) mass is 528 g/mol. The van der Waals surface area contributed by atoms with E-state index in [1.54, 1.807) is 16.7 Å². The number of thioether (sulfide) groups is 2. The number of hydrogen-bond acceptors (Lipinski definition) is 6. The van der Waals surface area contributed by atoms with Crippen LogP contribution in [0.2, 0.25) is 0 Å². The number of nitrogens with zero attached hydrogens (tertiary/aromatic N) is 4. The lowest BCUT2D eigenvalue weighted by Crippen LogP contribution is -2.29. The number of amides is 1. The highest BCUT2D eigenvalue weighted by atomic mass is 32.2. The molecule has 0 bridgehead atoms. The van der Waals surface area contributed by atoms with Crippen LogP contribution in [0.5, 0.6) is 0 Å². The fourth-order valence-electron chi connectivity index (χ4n) is 4.74. The van der Waals surface area contributed by atoms with Gasteiger partial charge in [0.2, 0.25) is 0 Å². The molecule has 5 rings (SSSR count). The zero-order chi connectivity index (χ0) is 26.1. The third kappa shape index (κ3) is 4.78. The van der Waals surface area contributed by atoms with Crippen LogP contribution in [0.1, 0.15) is 31.9 Å². The molecule has 1 saturated heterocycles. The molecule has 1 amide bonds. The first-order chi connectivity index (χ1) is 17.9. The van der Waals surface area contributed by atoms with Gasteiger partial charge in [-0.15, -0.1) is 0 Å². The molecule has 3 aromatic carbocycles. The Labute approximate surface area is 228 Å². The van der Waals surface area contributed by atoms with Gasteiger partial charge in [0.15, 0.2) is 5.17 Å². The molecule has 2 aliphatic rings. The second kappa shape index (κ2) is 10.7. The normalized spacial score (nSPS) is 18.2. The lowest BCUT2D eigenvalue weighted by atomic mass is 10.1. The number of amidine groups is 1. The number of para-hydroxylation sites is 1. The Morgan fingerprint density at radius 1 is 0.892 bits per heavy atom. The molecule has 7 heteroatoms. The van der Waals surface area contributed by atoms with Crippen LogP contribution in [0.15, 0.2) is 86.6 Å². The Kier molecular flexibility index (Phi) is 7.36. The van der Waals surface area contributed by atoms with E-state index >= 15 is 0 Å². The molecule has 0 N–H and O–H groups in total. The quantitative estimate of drug-likeness (QED) is 0.306. The zero-order valence-corrected chi connectivity index (χ0v) is 23.6. The van der Waals surface area contributed by atoms with Gasteiger partial charge in [-0.2, -0.15) is 0 Å². The fourth-order valence-corrected chi connectivity index (χ4v) is 7.13. The first-order valence-corrected chi connectivity index (χ1v) is 14.4. The van der Waals surface area contributed by atoms with Crippen LogP contribution in [-0.4, -0.2) is 30.7 Å². The van der Waals surface area contributed by atoms with Crippen molar-refractivity contribution < 1.29 is 4.79 Å². The van der Waals surface area contributed by atoms with Gasteiger partial charge in [-0.1, -0.05) is 36.0 Å². The molecule has 1 fully saturated rings. The van der Waals surface area contributed by atoms with E-state index in [0.717, 1.165) is 57.8 Å². The van der Waals surface area contributed by atoms with E-state index < -0.39 is 0 Å². The highest BCUT2D eigenvalue weighted by Gasteiger charge is 2.40. The molecule has 0 radical (unpaired) electrons. The molecule has 0 saturated carbocycles. The average Bonchev–Trinajstić information content (AvgIpc) is 3.43. The number of fused-ring (bicyclic) bond motifs is 1. The summed E-state index contributed by atoms with van der Waals surface area (Å²) in [6.07, 6.45) is 0. The molecule has 0 aromatic heterocycles. The molecular weight excluding hydrogens is 496 g/mol. The Bertz CT molecular complexity index is 1410. The minimum absolute atomic E-state index is 0.0273. The molecule has 0 spiro atoms. The maximum absolute atomic E-state index is 14.0. The van der Waals surface area contributed by atoms with Crippen molar-refractivity contribution in [2.24, 2.45) is 4.99 Å². The van der Waals surface area contributed by atoms with Crippen molar-refractivity contribution in [1.82, 2.24) is 0 Å². The molecule has 0 atom stereocenters. The van der Waals surface area contributed by atoms with E-state index in [9.17, 15) is 4.79 Å². The van der Waals surface area contributed by atoms with Gasteiger partial charge in [0.1, 0.15) is 9.93 Å². The van der Waals surface area contributed by atoms with Crippen molar-refractivity contribution in [2.45, 2.75) is 39.5 Å². The van der Waals surface area contributed by atoms with Gasteiger partial charge >= 0.3 is 0 Å². The SMILES string of the molecule is CCN(CC)c1ccc(N=C2SC(=C3Sc4ccccc4N3CC)C(=O)N2c2cccc(C)c2)c(C)c1. The first-order valence-electron chi connectivity index (χ1n) is 12.8. The van der Waals surface area contributed by atoms with Crippen molar-refractivity contribution in [1.29, 1.82) is 0 Å². The van der Waals surface area contributed by atoms with Crippen LogP contribution in [0.3, 0.4) is 0 Å². The van der Waals surface area contributed by atoms with E-state index in [1.165, 1.54) is 22.3 Å². The van der Waals surface area contributed by atoms with Crippen LogP contribution in [0.4, 0.5) is 22.7 Å². The standard InChI is InChI=1S/C30H32N4OS2/c1-6-32(7-2)22-16-17-24(21(5)19-22)31-30-34(23-13-11-12-20(4)18-23)28(35)27(37-30)29-33(8-3)25-14-9-10-15-26(25)36-29/h9-19H,6-8H2,1-5H3. The van der Waals surface area contributed by atoms with Gasteiger partial charge in [-0.3, -0.25) is 9.69 Å². The summed E-state index contributed by atoms with van der Waals surface area (Å²) in [7, 11) is 0. The summed E-state index contributed by atoms with van der Waals surface area (Å²) in [5.74, 6) is -0.0273. The number of aryl methyl sites for hydroxylation is 2. The summed E-state index contributed by atoms with van der Waals surface area (Å²) in [6.45, 7) is 13.3. The number of aliphatic imine (C=N–C) groups is 1. The Hall–Kier alpha value is -3.16. The Morgan fingerprint density at radius 3 is 2.38 bits per heavy atom. The molecule has 0 aliphatic carbocycles. The van der Waals surface area contributed by atoms with E-state index in [0.29, 0.717) is 5.17 Å². The fraction of sp³-hybridized carbons (Fsp3) is 0.267. The molecule has 5 nitrogen and oxygen atoms in total. The summed E-state index contributed by atoms with van der Waals surface area (Å²) in [5.41, 5.74) is 6.26. The van der Waals surface area contributed by atoms with E-state index in [2.05, 4.69) is 73.9 Å². The number of carbonyl (C=O) groups excluding carboxylic acids is 1. The molecule has 0 unspecified atom stereocenters. The number of rotatable bonds is 6. The van der Waals surface area contributed by atoms with Crippen molar-refractivity contribution in [3.05, 3.63) is 87.8 Å². The minimum atomic E-state index is -0.0273. The second-order valence-electron chi connectivity index (χ2n) is 9.07. The lowest BCUT2D eigenvalue weighted by molar-refractivity contribution is -0.113. The predicted molar refractivity (Wildman–Crippen MR) is 160 cm³/mol. The predicted octanol–water partition coefficient (Wildman–Crippen LogP) is 7.72. The zero-order valence-electron chi connectivity index (χ0n) is 22.0. The maximum atomic E-state index is 14.0. The van der Waals surface area contributed by atoms with Crippen LogP contribution < -0.4 is 14.7 Å². The van der Waals surface area contributed by atoms with Gasteiger partial charge in [0, 0.05) is 30.2 Å². The topological polar surface area (TPSA) is 39.1 Å².